The zero-order valence-electron chi connectivity index (χ0n) is 16.3. The Hall–Kier alpha value is -2.02. The molecule has 1 aliphatic heterocycles. The van der Waals surface area contributed by atoms with Gasteiger partial charge >= 0.3 is 5.97 Å². The summed E-state index contributed by atoms with van der Waals surface area (Å²) < 4.78 is 31.8. The van der Waals surface area contributed by atoms with Crippen LogP contribution in [0.3, 0.4) is 0 Å². The second-order valence-electron chi connectivity index (χ2n) is 6.64. The molecule has 0 bridgehead atoms. The van der Waals surface area contributed by atoms with Gasteiger partial charge in [-0.3, -0.25) is 9.59 Å². The molecule has 3 rings (SSSR count). The predicted molar refractivity (Wildman–Crippen MR) is 115 cm³/mol. The highest BCUT2D eigenvalue weighted by Gasteiger charge is 2.31. The van der Waals surface area contributed by atoms with Gasteiger partial charge in [-0.05, 0) is 18.4 Å². The molecule has 0 atom stereocenters. The summed E-state index contributed by atoms with van der Waals surface area (Å²) in [6.45, 7) is 0.618. The second kappa shape index (κ2) is 10.3. The molecule has 2 aromatic rings. The molecule has 9 nitrogen and oxygen atoms in total. The van der Waals surface area contributed by atoms with E-state index in [0.29, 0.717) is 35.4 Å². The summed E-state index contributed by atoms with van der Waals surface area (Å²) in [4.78, 5) is 23.7. The van der Waals surface area contributed by atoms with Crippen LogP contribution in [0.15, 0.2) is 34.7 Å². The Labute approximate surface area is 183 Å². The molecule has 2 heterocycles. The molecule has 12 heteroatoms. The van der Waals surface area contributed by atoms with E-state index in [9.17, 15) is 18.0 Å². The van der Waals surface area contributed by atoms with Crippen LogP contribution >= 0.6 is 23.1 Å². The fourth-order valence-electron chi connectivity index (χ4n) is 2.98. The molecule has 1 saturated heterocycles. The molecule has 162 valence electrons. The molecule has 0 radical (unpaired) electrons. The Bertz CT molecular complexity index is 973. The van der Waals surface area contributed by atoms with Gasteiger partial charge in [0, 0.05) is 19.0 Å². The van der Waals surface area contributed by atoms with Gasteiger partial charge in [0.15, 0.2) is 4.34 Å². The standard InChI is InChI=1S/C18H22N4O5S3/c1-27-15(23)11-28-18-21-20-17(29-18)19-16(24)14-7-9-22(10-8-14)30(25,26)12-13-5-3-2-4-6-13/h2-6,14H,7-12H2,1H3,(H,19,20,24). The van der Waals surface area contributed by atoms with Crippen LogP contribution in [0.4, 0.5) is 5.13 Å². The van der Waals surface area contributed by atoms with Gasteiger partial charge in [-0.2, -0.15) is 0 Å². The Kier molecular flexibility index (Phi) is 7.81. The Morgan fingerprint density at radius 3 is 2.60 bits per heavy atom. The minimum Gasteiger partial charge on any atom is -0.468 e. The average molecular weight is 471 g/mol. The van der Waals surface area contributed by atoms with Crippen LogP contribution in [-0.4, -0.2) is 60.7 Å². The van der Waals surface area contributed by atoms with Crippen molar-refractivity contribution in [3.05, 3.63) is 35.9 Å². The third-order valence-electron chi connectivity index (χ3n) is 4.59. The van der Waals surface area contributed by atoms with Crippen LogP contribution in [-0.2, 0) is 30.1 Å². The number of rotatable bonds is 8. The molecule has 30 heavy (non-hydrogen) atoms. The first-order chi connectivity index (χ1) is 14.4. The number of benzene rings is 1. The van der Waals surface area contributed by atoms with Crippen molar-refractivity contribution in [1.29, 1.82) is 0 Å². The van der Waals surface area contributed by atoms with E-state index >= 15 is 0 Å². The van der Waals surface area contributed by atoms with E-state index in [1.807, 2.05) is 18.2 Å². The molecule has 1 N–H and O–H groups in total. The number of thioether (sulfide) groups is 1. The van der Waals surface area contributed by atoms with Crippen LogP contribution < -0.4 is 5.32 Å². The summed E-state index contributed by atoms with van der Waals surface area (Å²) in [5.41, 5.74) is 0.745. The lowest BCUT2D eigenvalue weighted by Gasteiger charge is -2.30. The third-order valence-corrected chi connectivity index (χ3v) is 8.38. The number of hydrogen-bond acceptors (Lipinski definition) is 9. The molecule has 0 saturated carbocycles. The number of esters is 1. The fraction of sp³-hybridized carbons (Fsp3) is 0.444. The third kappa shape index (κ3) is 6.24. The number of anilines is 1. The first kappa shape index (κ1) is 22.7. The maximum Gasteiger partial charge on any atom is 0.316 e. The zero-order chi connectivity index (χ0) is 21.6. The Morgan fingerprint density at radius 2 is 1.93 bits per heavy atom. The number of hydrogen-bond donors (Lipinski definition) is 1. The normalized spacial score (nSPS) is 15.6. The van der Waals surface area contributed by atoms with Gasteiger partial charge in [-0.15, -0.1) is 10.2 Å². The summed E-state index contributed by atoms with van der Waals surface area (Å²) >= 11 is 2.36. The van der Waals surface area contributed by atoms with Crippen molar-refractivity contribution in [2.75, 3.05) is 31.3 Å². The highest BCUT2D eigenvalue weighted by Crippen LogP contribution is 2.27. The zero-order valence-corrected chi connectivity index (χ0v) is 18.8. The van der Waals surface area contributed by atoms with E-state index in [1.165, 1.54) is 34.5 Å². The lowest BCUT2D eigenvalue weighted by molar-refractivity contribution is -0.137. The molecule has 0 unspecified atom stereocenters. The minimum absolute atomic E-state index is 0.0402. The maximum atomic E-state index is 12.6. The van der Waals surface area contributed by atoms with Crippen LogP contribution in [0, 0.1) is 5.92 Å². The largest absolute Gasteiger partial charge is 0.468 e. The van der Waals surface area contributed by atoms with Gasteiger partial charge in [-0.25, -0.2) is 12.7 Å². The summed E-state index contributed by atoms with van der Waals surface area (Å²) in [6, 6.07) is 9.05. The summed E-state index contributed by atoms with van der Waals surface area (Å²) in [5, 5.41) is 10.9. The van der Waals surface area contributed by atoms with Crippen molar-refractivity contribution >= 4 is 50.1 Å². The van der Waals surface area contributed by atoms with E-state index in [1.54, 1.807) is 12.1 Å². The van der Waals surface area contributed by atoms with Crippen molar-refractivity contribution < 1.29 is 22.7 Å². The van der Waals surface area contributed by atoms with Crippen LogP contribution in [0.25, 0.3) is 0 Å². The van der Waals surface area contributed by atoms with Crippen molar-refractivity contribution in [3.8, 4) is 0 Å². The average Bonchev–Trinajstić information content (AvgIpc) is 3.19. The highest BCUT2D eigenvalue weighted by molar-refractivity contribution is 8.01. The number of ether oxygens (including phenoxy) is 1. The van der Waals surface area contributed by atoms with Gasteiger partial charge in [-0.1, -0.05) is 53.4 Å². The smallest absolute Gasteiger partial charge is 0.316 e. The van der Waals surface area contributed by atoms with E-state index < -0.39 is 10.0 Å². The summed E-state index contributed by atoms with van der Waals surface area (Å²) in [5.74, 6) is -0.773. The quantitative estimate of drug-likeness (QED) is 0.353. The molecular formula is C18H22N4O5S3. The monoisotopic (exact) mass is 470 g/mol. The van der Waals surface area contributed by atoms with Crippen molar-refractivity contribution in [1.82, 2.24) is 14.5 Å². The molecular weight excluding hydrogens is 448 g/mol. The summed E-state index contributed by atoms with van der Waals surface area (Å²) in [7, 11) is -2.10. The number of methoxy groups -OCH3 is 1. The Balaban J connectivity index is 1.48. The van der Waals surface area contributed by atoms with Gasteiger partial charge < -0.3 is 10.1 Å². The van der Waals surface area contributed by atoms with Gasteiger partial charge in [0.2, 0.25) is 21.1 Å². The van der Waals surface area contributed by atoms with Gasteiger partial charge in [0.05, 0.1) is 18.6 Å². The Morgan fingerprint density at radius 1 is 1.23 bits per heavy atom. The van der Waals surface area contributed by atoms with E-state index in [4.69, 9.17) is 0 Å². The number of amides is 1. The summed E-state index contributed by atoms with van der Waals surface area (Å²) in [6.07, 6.45) is 0.894. The molecule has 1 fully saturated rings. The number of sulfonamides is 1. The number of nitrogens with one attached hydrogen (secondary N) is 1. The van der Waals surface area contributed by atoms with E-state index in [-0.39, 0.29) is 29.3 Å². The van der Waals surface area contributed by atoms with Crippen LogP contribution in [0.2, 0.25) is 0 Å². The fourth-order valence-corrected chi connectivity index (χ4v) is 6.13. The maximum absolute atomic E-state index is 12.6. The topological polar surface area (TPSA) is 119 Å². The number of nitrogens with zero attached hydrogens (tertiary/aromatic N) is 3. The minimum atomic E-state index is -3.42. The lowest BCUT2D eigenvalue weighted by Crippen LogP contribution is -2.41. The number of carbonyl (C=O) groups excluding carboxylic acids is 2. The molecule has 0 spiro atoms. The molecule has 1 aromatic heterocycles. The van der Waals surface area contributed by atoms with Gasteiger partial charge in [0.1, 0.15) is 0 Å². The lowest BCUT2D eigenvalue weighted by atomic mass is 9.97. The number of aromatic nitrogens is 2. The number of carbonyl (C=O) groups is 2. The van der Waals surface area contributed by atoms with Gasteiger partial charge in [0.25, 0.3) is 0 Å². The predicted octanol–water partition coefficient (Wildman–Crippen LogP) is 1.98. The molecule has 0 aliphatic carbocycles. The van der Waals surface area contributed by atoms with E-state index in [0.717, 1.165) is 5.56 Å². The van der Waals surface area contributed by atoms with E-state index in [2.05, 4.69) is 20.3 Å². The van der Waals surface area contributed by atoms with Crippen LogP contribution in [0.1, 0.15) is 18.4 Å². The molecule has 1 aromatic carbocycles. The van der Waals surface area contributed by atoms with Crippen LogP contribution in [0.5, 0.6) is 0 Å². The SMILES string of the molecule is COC(=O)CSc1nnc(NC(=O)C2CCN(S(=O)(=O)Cc3ccccc3)CC2)s1. The number of piperidine rings is 1. The molecule has 1 amide bonds. The molecule has 1 aliphatic rings. The first-order valence-electron chi connectivity index (χ1n) is 9.23. The van der Waals surface area contributed by atoms with Crippen molar-refractivity contribution in [2.24, 2.45) is 5.92 Å². The highest BCUT2D eigenvalue weighted by atomic mass is 32.2. The van der Waals surface area contributed by atoms with Crippen molar-refractivity contribution in [3.63, 3.8) is 0 Å². The first-order valence-corrected chi connectivity index (χ1v) is 12.6. The van der Waals surface area contributed by atoms with Crippen molar-refractivity contribution in [2.45, 2.75) is 22.9 Å². The second-order valence-corrected chi connectivity index (χ2v) is 10.8.